The summed E-state index contributed by atoms with van der Waals surface area (Å²) < 4.78 is 0. The SMILES string of the molecule is NC(=O)CCNC(=O)CN1CCNCC1. The van der Waals surface area contributed by atoms with Gasteiger partial charge in [-0.2, -0.15) is 0 Å². The van der Waals surface area contributed by atoms with Crippen LogP contribution >= 0.6 is 0 Å². The minimum atomic E-state index is -0.391. The summed E-state index contributed by atoms with van der Waals surface area (Å²) >= 11 is 0. The van der Waals surface area contributed by atoms with Gasteiger partial charge in [0.25, 0.3) is 0 Å². The Kier molecular flexibility index (Phi) is 5.06. The number of hydrogen-bond acceptors (Lipinski definition) is 4. The van der Waals surface area contributed by atoms with Crippen molar-refractivity contribution in [2.45, 2.75) is 6.42 Å². The van der Waals surface area contributed by atoms with Crippen molar-refractivity contribution < 1.29 is 9.59 Å². The fourth-order valence-electron chi connectivity index (χ4n) is 1.45. The van der Waals surface area contributed by atoms with Crippen LogP contribution in [0.4, 0.5) is 0 Å². The summed E-state index contributed by atoms with van der Waals surface area (Å²) in [6, 6.07) is 0. The minimum Gasteiger partial charge on any atom is -0.370 e. The Balaban J connectivity index is 2.09. The topological polar surface area (TPSA) is 87.5 Å². The van der Waals surface area contributed by atoms with Gasteiger partial charge in [-0.3, -0.25) is 14.5 Å². The third-order valence-electron chi connectivity index (χ3n) is 2.27. The zero-order chi connectivity index (χ0) is 11.1. The molecule has 86 valence electrons. The smallest absolute Gasteiger partial charge is 0.234 e. The number of hydrogen-bond donors (Lipinski definition) is 3. The normalized spacial score (nSPS) is 17.3. The van der Waals surface area contributed by atoms with Crippen molar-refractivity contribution in [3.8, 4) is 0 Å². The molecule has 0 aromatic carbocycles. The van der Waals surface area contributed by atoms with E-state index in [0.29, 0.717) is 13.1 Å². The first-order chi connectivity index (χ1) is 7.18. The second kappa shape index (κ2) is 6.36. The molecule has 0 aromatic heterocycles. The van der Waals surface area contributed by atoms with Crippen LogP contribution in [0.3, 0.4) is 0 Å². The van der Waals surface area contributed by atoms with Gasteiger partial charge in [0.2, 0.25) is 11.8 Å². The third-order valence-corrected chi connectivity index (χ3v) is 2.27. The van der Waals surface area contributed by atoms with Gasteiger partial charge in [-0.25, -0.2) is 0 Å². The number of nitrogens with two attached hydrogens (primary N) is 1. The molecule has 1 aliphatic rings. The summed E-state index contributed by atoms with van der Waals surface area (Å²) in [5, 5.41) is 5.87. The maximum absolute atomic E-state index is 11.4. The van der Waals surface area contributed by atoms with Crippen LogP contribution in [0.25, 0.3) is 0 Å². The molecule has 6 heteroatoms. The molecule has 0 bridgehead atoms. The molecule has 0 radical (unpaired) electrons. The standard InChI is InChI=1S/C9H18N4O2/c10-8(14)1-2-12-9(15)7-13-5-3-11-4-6-13/h11H,1-7H2,(H2,10,14)(H,12,15). The summed E-state index contributed by atoms with van der Waals surface area (Å²) in [4.78, 5) is 23.9. The lowest BCUT2D eigenvalue weighted by atomic mass is 10.3. The summed E-state index contributed by atoms with van der Waals surface area (Å²) in [5.41, 5.74) is 4.95. The van der Waals surface area contributed by atoms with Gasteiger partial charge in [0.1, 0.15) is 0 Å². The highest BCUT2D eigenvalue weighted by molar-refractivity contribution is 5.79. The first-order valence-electron chi connectivity index (χ1n) is 5.16. The van der Waals surface area contributed by atoms with Gasteiger partial charge in [-0.1, -0.05) is 0 Å². The Morgan fingerprint density at radius 1 is 1.33 bits per heavy atom. The van der Waals surface area contributed by atoms with E-state index >= 15 is 0 Å². The molecule has 1 saturated heterocycles. The lowest BCUT2D eigenvalue weighted by molar-refractivity contribution is -0.122. The molecule has 0 atom stereocenters. The fraction of sp³-hybridized carbons (Fsp3) is 0.778. The number of nitrogens with one attached hydrogen (secondary N) is 2. The van der Waals surface area contributed by atoms with Crippen LogP contribution in [-0.4, -0.2) is 56.0 Å². The molecule has 6 nitrogen and oxygen atoms in total. The van der Waals surface area contributed by atoms with E-state index in [4.69, 9.17) is 5.73 Å². The highest BCUT2D eigenvalue weighted by Gasteiger charge is 2.12. The van der Waals surface area contributed by atoms with Crippen LogP contribution in [0, 0.1) is 0 Å². The largest absolute Gasteiger partial charge is 0.370 e. The average Bonchev–Trinajstić information content (AvgIpc) is 2.18. The Hall–Kier alpha value is -1.14. The molecule has 0 spiro atoms. The Labute approximate surface area is 89.2 Å². The van der Waals surface area contributed by atoms with E-state index in [2.05, 4.69) is 15.5 Å². The molecule has 4 N–H and O–H groups in total. The number of carbonyl (C=O) groups excluding carboxylic acids is 2. The zero-order valence-electron chi connectivity index (χ0n) is 8.79. The van der Waals surface area contributed by atoms with Crippen LogP contribution in [0.2, 0.25) is 0 Å². The lowest BCUT2D eigenvalue weighted by Crippen LogP contribution is -2.47. The lowest BCUT2D eigenvalue weighted by Gasteiger charge is -2.26. The van der Waals surface area contributed by atoms with Crippen LogP contribution in [0.15, 0.2) is 0 Å². The Bertz CT molecular complexity index is 226. The van der Waals surface area contributed by atoms with Crippen molar-refractivity contribution in [1.82, 2.24) is 15.5 Å². The number of piperazine rings is 1. The monoisotopic (exact) mass is 214 g/mol. The molecule has 0 saturated carbocycles. The predicted molar refractivity (Wildman–Crippen MR) is 56.1 cm³/mol. The van der Waals surface area contributed by atoms with E-state index < -0.39 is 5.91 Å². The third kappa shape index (κ3) is 5.34. The van der Waals surface area contributed by atoms with Gasteiger partial charge >= 0.3 is 0 Å². The molecule has 2 amide bonds. The fourth-order valence-corrected chi connectivity index (χ4v) is 1.45. The Morgan fingerprint density at radius 3 is 2.60 bits per heavy atom. The van der Waals surface area contributed by atoms with Gasteiger partial charge in [0.05, 0.1) is 6.54 Å². The van der Waals surface area contributed by atoms with Gasteiger partial charge in [-0.05, 0) is 0 Å². The van der Waals surface area contributed by atoms with E-state index in [-0.39, 0.29) is 12.3 Å². The van der Waals surface area contributed by atoms with Crippen molar-refractivity contribution in [2.75, 3.05) is 39.3 Å². The van der Waals surface area contributed by atoms with Crippen molar-refractivity contribution >= 4 is 11.8 Å². The number of primary amides is 1. The Morgan fingerprint density at radius 2 is 2.00 bits per heavy atom. The molecule has 0 unspecified atom stereocenters. The van der Waals surface area contributed by atoms with E-state index in [1.807, 2.05) is 0 Å². The average molecular weight is 214 g/mol. The number of nitrogens with zero attached hydrogens (tertiary/aromatic N) is 1. The van der Waals surface area contributed by atoms with E-state index in [1.165, 1.54) is 0 Å². The quantitative estimate of drug-likeness (QED) is 0.488. The first kappa shape index (κ1) is 11.9. The molecular weight excluding hydrogens is 196 g/mol. The molecule has 15 heavy (non-hydrogen) atoms. The molecule has 0 aliphatic carbocycles. The second-order valence-electron chi connectivity index (χ2n) is 3.59. The zero-order valence-corrected chi connectivity index (χ0v) is 8.79. The summed E-state index contributed by atoms with van der Waals surface area (Å²) in [6.07, 6.45) is 0.202. The van der Waals surface area contributed by atoms with Crippen molar-refractivity contribution in [3.63, 3.8) is 0 Å². The molecule has 1 heterocycles. The van der Waals surface area contributed by atoms with Crippen LogP contribution in [0.5, 0.6) is 0 Å². The maximum Gasteiger partial charge on any atom is 0.234 e. The highest BCUT2D eigenvalue weighted by Crippen LogP contribution is 1.90. The van der Waals surface area contributed by atoms with Crippen molar-refractivity contribution in [2.24, 2.45) is 5.73 Å². The van der Waals surface area contributed by atoms with E-state index in [9.17, 15) is 9.59 Å². The molecule has 0 aromatic rings. The van der Waals surface area contributed by atoms with Crippen LogP contribution in [-0.2, 0) is 9.59 Å². The maximum atomic E-state index is 11.4. The van der Waals surface area contributed by atoms with Gasteiger partial charge in [-0.15, -0.1) is 0 Å². The molecule has 1 rings (SSSR count). The number of amides is 2. The molecule has 1 fully saturated rings. The minimum absolute atomic E-state index is 0.0434. The summed E-state index contributed by atoms with van der Waals surface area (Å²) in [6.45, 7) is 4.37. The van der Waals surface area contributed by atoms with Gasteiger partial charge < -0.3 is 16.4 Å². The van der Waals surface area contributed by atoms with Gasteiger partial charge in [0.15, 0.2) is 0 Å². The van der Waals surface area contributed by atoms with Crippen LogP contribution in [0.1, 0.15) is 6.42 Å². The number of rotatable bonds is 5. The molecular formula is C9H18N4O2. The predicted octanol–water partition coefficient (Wildman–Crippen LogP) is -2.12. The summed E-state index contributed by atoms with van der Waals surface area (Å²) in [7, 11) is 0. The summed E-state index contributed by atoms with van der Waals surface area (Å²) in [5.74, 6) is -0.435. The van der Waals surface area contributed by atoms with E-state index in [0.717, 1.165) is 26.2 Å². The number of carbonyl (C=O) groups is 2. The van der Waals surface area contributed by atoms with Crippen LogP contribution < -0.4 is 16.4 Å². The second-order valence-corrected chi connectivity index (χ2v) is 3.59. The molecule has 1 aliphatic heterocycles. The van der Waals surface area contributed by atoms with Crippen molar-refractivity contribution in [1.29, 1.82) is 0 Å². The highest BCUT2D eigenvalue weighted by atomic mass is 16.2. The van der Waals surface area contributed by atoms with Crippen molar-refractivity contribution in [3.05, 3.63) is 0 Å². The van der Waals surface area contributed by atoms with Gasteiger partial charge in [0, 0.05) is 39.1 Å². The van der Waals surface area contributed by atoms with E-state index in [1.54, 1.807) is 0 Å². The first-order valence-corrected chi connectivity index (χ1v) is 5.16.